The number of rotatable bonds is 5. The van der Waals surface area contributed by atoms with Crippen LogP contribution in [-0.2, 0) is 23.9 Å². The summed E-state index contributed by atoms with van der Waals surface area (Å²) in [5, 5.41) is 2.76. The molecule has 0 bridgehead atoms. The number of halogens is 1. The number of cyclic esters (lactones) is 1. The molecule has 110 valence electrons. The number of anilines is 1. The molecule has 0 aliphatic carbocycles. The summed E-state index contributed by atoms with van der Waals surface area (Å²) in [7, 11) is 0. The van der Waals surface area contributed by atoms with Crippen molar-refractivity contribution < 1.29 is 23.9 Å². The van der Waals surface area contributed by atoms with Gasteiger partial charge in [0, 0.05) is 17.1 Å². The lowest BCUT2D eigenvalue weighted by atomic mass is 9.98. The number of carbonyl (C=O) groups is 4. The Kier molecular flexibility index (Phi) is 4.70. The van der Waals surface area contributed by atoms with Gasteiger partial charge in [-0.3, -0.25) is 19.2 Å². The number of esters is 1. The van der Waals surface area contributed by atoms with Gasteiger partial charge >= 0.3 is 5.97 Å². The first kappa shape index (κ1) is 15.2. The van der Waals surface area contributed by atoms with Crippen molar-refractivity contribution in [1.82, 2.24) is 0 Å². The molecule has 1 saturated heterocycles. The summed E-state index contributed by atoms with van der Waals surface area (Å²) in [6.07, 6.45) is -0.368. The van der Waals surface area contributed by atoms with E-state index in [-0.39, 0.29) is 13.0 Å². The van der Waals surface area contributed by atoms with Crippen LogP contribution in [0.4, 0.5) is 5.69 Å². The minimum atomic E-state index is -0.937. The molecule has 1 aromatic carbocycles. The Hall–Kier alpha value is -2.21. The molecule has 2 rings (SSSR count). The largest absolute Gasteiger partial charge is 0.465 e. The molecule has 1 unspecified atom stereocenters. The summed E-state index contributed by atoms with van der Waals surface area (Å²) in [5.41, 5.74) is 0.355. The Morgan fingerprint density at radius 1 is 1.33 bits per heavy atom. The lowest BCUT2D eigenvalue weighted by molar-refractivity contribution is -0.145. The fourth-order valence-corrected chi connectivity index (χ4v) is 2.11. The number of benzene rings is 1. The van der Waals surface area contributed by atoms with Gasteiger partial charge in [0.2, 0.25) is 5.78 Å². The van der Waals surface area contributed by atoms with E-state index in [1.807, 2.05) is 0 Å². The summed E-state index contributed by atoms with van der Waals surface area (Å²) in [5.74, 6) is -3.99. The van der Waals surface area contributed by atoms with Crippen LogP contribution >= 0.6 is 11.6 Å². The van der Waals surface area contributed by atoms with Crippen molar-refractivity contribution in [2.75, 3.05) is 11.9 Å². The van der Waals surface area contributed by atoms with Crippen molar-refractivity contribution in [1.29, 1.82) is 0 Å². The lowest BCUT2D eigenvalue weighted by Crippen LogP contribution is -2.29. The number of hydrogen-bond acceptors (Lipinski definition) is 5. The zero-order valence-corrected chi connectivity index (χ0v) is 11.7. The van der Waals surface area contributed by atoms with E-state index in [9.17, 15) is 19.2 Å². The number of carbonyl (C=O) groups excluding carboxylic acids is 4. The van der Waals surface area contributed by atoms with Crippen LogP contribution in [0, 0.1) is 5.92 Å². The Balaban J connectivity index is 1.92. The molecular formula is C14H12ClNO5. The average Bonchev–Trinajstić information content (AvgIpc) is 2.85. The summed E-state index contributed by atoms with van der Waals surface area (Å²) < 4.78 is 4.65. The SMILES string of the molecule is O=C(CC(=O)C1CCOC1=O)C(=O)Nc1cccc(Cl)c1. The predicted molar refractivity (Wildman–Crippen MR) is 73.8 cm³/mol. The number of ketones is 2. The fourth-order valence-electron chi connectivity index (χ4n) is 1.92. The summed E-state index contributed by atoms with van der Waals surface area (Å²) in [4.78, 5) is 46.4. The smallest absolute Gasteiger partial charge is 0.316 e. The highest BCUT2D eigenvalue weighted by Gasteiger charge is 2.34. The van der Waals surface area contributed by atoms with Crippen molar-refractivity contribution in [3.05, 3.63) is 29.3 Å². The maximum atomic E-state index is 11.8. The van der Waals surface area contributed by atoms with E-state index in [0.29, 0.717) is 10.7 Å². The van der Waals surface area contributed by atoms with Crippen LogP contribution in [-0.4, -0.2) is 30.0 Å². The number of amides is 1. The molecule has 1 fully saturated rings. The van der Waals surface area contributed by atoms with Gasteiger partial charge in [-0.1, -0.05) is 17.7 Å². The molecule has 1 amide bonds. The van der Waals surface area contributed by atoms with Crippen molar-refractivity contribution >= 4 is 40.7 Å². The quantitative estimate of drug-likeness (QED) is 0.504. The van der Waals surface area contributed by atoms with Gasteiger partial charge in [-0.2, -0.15) is 0 Å². The number of nitrogens with one attached hydrogen (secondary N) is 1. The van der Waals surface area contributed by atoms with Gasteiger partial charge in [-0.15, -0.1) is 0 Å². The van der Waals surface area contributed by atoms with E-state index >= 15 is 0 Å². The Bertz CT molecular complexity index is 613. The molecule has 1 atom stereocenters. The third kappa shape index (κ3) is 3.88. The molecule has 1 aromatic rings. The molecule has 0 aromatic heterocycles. The highest BCUT2D eigenvalue weighted by atomic mass is 35.5. The van der Waals surface area contributed by atoms with Crippen LogP contribution in [0.25, 0.3) is 0 Å². The van der Waals surface area contributed by atoms with E-state index in [2.05, 4.69) is 10.1 Å². The maximum absolute atomic E-state index is 11.8. The van der Waals surface area contributed by atoms with E-state index in [1.54, 1.807) is 18.2 Å². The molecule has 1 aliphatic rings. The van der Waals surface area contributed by atoms with E-state index in [0.717, 1.165) is 0 Å². The van der Waals surface area contributed by atoms with Crippen LogP contribution in [0.15, 0.2) is 24.3 Å². The van der Waals surface area contributed by atoms with Crippen LogP contribution in [0.1, 0.15) is 12.8 Å². The van der Waals surface area contributed by atoms with Gasteiger partial charge in [0.05, 0.1) is 13.0 Å². The fraction of sp³-hybridized carbons (Fsp3) is 0.286. The third-order valence-electron chi connectivity index (χ3n) is 2.99. The van der Waals surface area contributed by atoms with Crippen molar-refractivity contribution in [2.24, 2.45) is 5.92 Å². The zero-order chi connectivity index (χ0) is 15.4. The average molecular weight is 310 g/mol. The molecule has 0 saturated carbocycles. The molecule has 1 heterocycles. The monoisotopic (exact) mass is 309 g/mol. The predicted octanol–water partition coefficient (Wildman–Crippen LogP) is 1.37. The molecule has 0 spiro atoms. The zero-order valence-electron chi connectivity index (χ0n) is 10.9. The summed E-state index contributed by atoms with van der Waals surface area (Å²) in [6.45, 7) is 0.165. The highest BCUT2D eigenvalue weighted by Crippen LogP contribution is 2.18. The normalized spacial score (nSPS) is 17.2. The molecular weight excluding hydrogens is 298 g/mol. The van der Waals surface area contributed by atoms with Gasteiger partial charge in [0.15, 0.2) is 5.78 Å². The summed E-state index contributed by atoms with van der Waals surface area (Å²) in [6, 6.07) is 6.27. The second kappa shape index (κ2) is 6.49. The number of Topliss-reactive ketones (excluding diaryl/α,β-unsaturated/α-hetero) is 2. The Labute approximate surface area is 125 Å². The molecule has 21 heavy (non-hydrogen) atoms. The first-order chi connectivity index (χ1) is 9.97. The van der Waals surface area contributed by atoms with Gasteiger partial charge in [-0.25, -0.2) is 0 Å². The Morgan fingerprint density at radius 2 is 2.10 bits per heavy atom. The minimum Gasteiger partial charge on any atom is -0.465 e. The molecule has 6 nitrogen and oxygen atoms in total. The van der Waals surface area contributed by atoms with E-state index < -0.39 is 35.8 Å². The number of hydrogen-bond donors (Lipinski definition) is 1. The number of ether oxygens (including phenoxy) is 1. The Morgan fingerprint density at radius 3 is 2.71 bits per heavy atom. The second-order valence-corrected chi connectivity index (χ2v) is 4.98. The van der Waals surface area contributed by atoms with Crippen LogP contribution in [0.2, 0.25) is 5.02 Å². The standard InChI is InChI=1S/C14H12ClNO5/c15-8-2-1-3-9(6-8)16-13(19)12(18)7-11(17)10-4-5-21-14(10)20/h1-3,6,10H,4-5,7H2,(H,16,19). The van der Waals surface area contributed by atoms with Crippen LogP contribution in [0.3, 0.4) is 0 Å². The molecule has 0 radical (unpaired) electrons. The second-order valence-electron chi connectivity index (χ2n) is 4.54. The van der Waals surface area contributed by atoms with Crippen molar-refractivity contribution in [3.63, 3.8) is 0 Å². The maximum Gasteiger partial charge on any atom is 0.316 e. The minimum absolute atomic E-state index is 0.165. The van der Waals surface area contributed by atoms with Crippen LogP contribution in [0.5, 0.6) is 0 Å². The molecule has 1 N–H and O–H groups in total. The lowest BCUT2D eigenvalue weighted by Gasteiger charge is -2.06. The van der Waals surface area contributed by atoms with Crippen LogP contribution < -0.4 is 5.32 Å². The third-order valence-corrected chi connectivity index (χ3v) is 3.23. The van der Waals surface area contributed by atoms with Crippen molar-refractivity contribution in [3.8, 4) is 0 Å². The van der Waals surface area contributed by atoms with Gasteiger partial charge < -0.3 is 10.1 Å². The highest BCUT2D eigenvalue weighted by molar-refractivity contribution is 6.43. The van der Waals surface area contributed by atoms with Gasteiger partial charge in [-0.05, 0) is 18.2 Å². The van der Waals surface area contributed by atoms with Crippen molar-refractivity contribution in [2.45, 2.75) is 12.8 Å². The topological polar surface area (TPSA) is 89.5 Å². The van der Waals surface area contributed by atoms with Gasteiger partial charge in [0.1, 0.15) is 5.92 Å². The van der Waals surface area contributed by atoms with E-state index in [4.69, 9.17) is 11.6 Å². The summed E-state index contributed by atoms with van der Waals surface area (Å²) >= 11 is 5.75. The molecule has 1 aliphatic heterocycles. The first-order valence-corrected chi connectivity index (χ1v) is 6.64. The van der Waals surface area contributed by atoms with Gasteiger partial charge in [0.25, 0.3) is 5.91 Å². The molecule has 7 heteroatoms. The first-order valence-electron chi connectivity index (χ1n) is 6.26. The van der Waals surface area contributed by atoms with E-state index in [1.165, 1.54) is 6.07 Å².